The molecule has 76 valence electrons. The van der Waals surface area contributed by atoms with Crippen LogP contribution < -0.4 is 0 Å². The lowest BCUT2D eigenvalue weighted by molar-refractivity contribution is -0.142. The zero-order valence-electron chi connectivity index (χ0n) is 7.80. The second kappa shape index (κ2) is 4.62. The van der Waals surface area contributed by atoms with Crippen molar-refractivity contribution < 1.29 is 19.7 Å². The summed E-state index contributed by atoms with van der Waals surface area (Å²) in [6.07, 6.45) is -0.968. The van der Waals surface area contributed by atoms with Crippen LogP contribution in [0.4, 0.5) is 0 Å². The van der Waals surface area contributed by atoms with Crippen LogP contribution in [0.15, 0.2) is 24.3 Å². The van der Waals surface area contributed by atoms with E-state index in [0.717, 1.165) is 0 Å². The maximum atomic E-state index is 10.8. The number of benzene rings is 1. The van der Waals surface area contributed by atoms with E-state index in [1.807, 2.05) is 0 Å². The highest BCUT2D eigenvalue weighted by atomic mass is 16.5. The Morgan fingerprint density at radius 3 is 2.50 bits per heavy atom. The first kappa shape index (κ1) is 10.5. The van der Waals surface area contributed by atoms with Gasteiger partial charge in [0.25, 0.3) is 0 Å². The Bertz CT molecular complexity index is 304. The molecule has 0 amide bonds. The van der Waals surface area contributed by atoms with Gasteiger partial charge in [-0.25, -0.2) is 0 Å². The minimum atomic E-state index is -0.886. The Morgan fingerprint density at radius 2 is 2.00 bits per heavy atom. The largest absolute Gasteiger partial charge is 0.508 e. The van der Waals surface area contributed by atoms with Crippen molar-refractivity contribution in [1.29, 1.82) is 0 Å². The summed E-state index contributed by atoms with van der Waals surface area (Å²) in [5.74, 6) is -0.343. The summed E-state index contributed by atoms with van der Waals surface area (Å²) in [4.78, 5) is 10.8. The predicted molar refractivity (Wildman–Crippen MR) is 49.7 cm³/mol. The molecule has 0 aliphatic carbocycles. The lowest BCUT2D eigenvalue weighted by Crippen LogP contribution is -2.07. The van der Waals surface area contributed by atoms with Crippen LogP contribution in [0.1, 0.15) is 18.1 Å². The van der Waals surface area contributed by atoms with Gasteiger partial charge in [-0.2, -0.15) is 0 Å². The lowest BCUT2D eigenvalue weighted by Gasteiger charge is -2.08. The van der Waals surface area contributed by atoms with E-state index in [1.165, 1.54) is 19.2 Å². The normalized spacial score (nSPS) is 12.1. The molecular formula is C10H12O4. The van der Waals surface area contributed by atoms with Gasteiger partial charge in [0.1, 0.15) is 5.75 Å². The number of methoxy groups -OCH3 is 1. The number of aliphatic hydroxyl groups excluding tert-OH is 1. The van der Waals surface area contributed by atoms with Gasteiger partial charge in [-0.15, -0.1) is 0 Å². The monoisotopic (exact) mass is 196 g/mol. The molecule has 2 N–H and O–H groups in total. The first-order valence-electron chi connectivity index (χ1n) is 4.17. The van der Waals surface area contributed by atoms with Crippen molar-refractivity contribution in [3.05, 3.63) is 29.8 Å². The minimum Gasteiger partial charge on any atom is -0.508 e. The summed E-state index contributed by atoms with van der Waals surface area (Å²) < 4.78 is 4.42. The van der Waals surface area contributed by atoms with E-state index in [2.05, 4.69) is 4.74 Å². The Morgan fingerprint density at radius 1 is 1.43 bits per heavy atom. The highest BCUT2D eigenvalue weighted by Gasteiger charge is 2.12. The third-order valence-electron chi connectivity index (χ3n) is 1.87. The molecule has 0 spiro atoms. The summed E-state index contributed by atoms with van der Waals surface area (Å²) in [6.45, 7) is 0. The standard InChI is InChI=1S/C10H12O4/c1-14-10(13)6-9(12)7-2-4-8(11)5-3-7/h2-5,9,11-12H,6H2,1H3/t9-/m0/s1. The number of hydrogen-bond donors (Lipinski definition) is 2. The van der Waals surface area contributed by atoms with Crippen LogP contribution in [0.3, 0.4) is 0 Å². The number of phenols is 1. The Hall–Kier alpha value is -1.55. The SMILES string of the molecule is COC(=O)C[C@H](O)c1ccc(O)cc1. The van der Waals surface area contributed by atoms with Crippen molar-refractivity contribution in [2.75, 3.05) is 7.11 Å². The van der Waals surface area contributed by atoms with Gasteiger partial charge < -0.3 is 14.9 Å². The Labute approximate surface area is 81.8 Å². The molecule has 4 nitrogen and oxygen atoms in total. The molecule has 0 unspecified atom stereocenters. The first-order valence-corrected chi connectivity index (χ1v) is 4.17. The van der Waals surface area contributed by atoms with E-state index in [4.69, 9.17) is 5.11 Å². The second-order valence-corrected chi connectivity index (χ2v) is 2.89. The predicted octanol–water partition coefficient (Wildman–Crippen LogP) is 0.989. The van der Waals surface area contributed by atoms with Gasteiger partial charge in [0.15, 0.2) is 0 Å². The van der Waals surface area contributed by atoms with Gasteiger partial charge in [-0.3, -0.25) is 4.79 Å². The summed E-state index contributed by atoms with van der Waals surface area (Å²) in [5, 5.41) is 18.5. The zero-order valence-corrected chi connectivity index (χ0v) is 7.80. The number of rotatable bonds is 3. The Kier molecular flexibility index (Phi) is 3.48. The molecule has 0 aromatic heterocycles. The van der Waals surface area contributed by atoms with E-state index < -0.39 is 12.1 Å². The highest BCUT2D eigenvalue weighted by molar-refractivity contribution is 5.70. The topological polar surface area (TPSA) is 66.8 Å². The molecule has 0 radical (unpaired) electrons. The average Bonchev–Trinajstić information content (AvgIpc) is 2.18. The molecule has 14 heavy (non-hydrogen) atoms. The second-order valence-electron chi connectivity index (χ2n) is 2.89. The van der Waals surface area contributed by atoms with Crippen molar-refractivity contribution in [3.8, 4) is 5.75 Å². The molecule has 0 aliphatic heterocycles. The third-order valence-corrected chi connectivity index (χ3v) is 1.87. The van der Waals surface area contributed by atoms with Crippen LogP contribution >= 0.6 is 0 Å². The number of esters is 1. The van der Waals surface area contributed by atoms with Crippen LogP contribution in [0.25, 0.3) is 0 Å². The number of aromatic hydroxyl groups is 1. The fourth-order valence-electron chi connectivity index (χ4n) is 1.06. The fourth-order valence-corrected chi connectivity index (χ4v) is 1.06. The van der Waals surface area contributed by atoms with E-state index in [1.54, 1.807) is 12.1 Å². The number of carbonyl (C=O) groups is 1. The van der Waals surface area contributed by atoms with Gasteiger partial charge in [-0.05, 0) is 17.7 Å². The average molecular weight is 196 g/mol. The van der Waals surface area contributed by atoms with E-state index in [-0.39, 0.29) is 12.2 Å². The van der Waals surface area contributed by atoms with Crippen molar-refractivity contribution in [1.82, 2.24) is 0 Å². The molecule has 4 heteroatoms. The third kappa shape index (κ3) is 2.74. The molecule has 1 atom stereocenters. The zero-order chi connectivity index (χ0) is 10.6. The number of aliphatic hydroxyl groups is 1. The van der Waals surface area contributed by atoms with Crippen molar-refractivity contribution in [2.45, 2.75) is 12.5 Å². The summed E-state index contributed by atoms with van der Waals surface area (Å²) in [7, 11) is 1.27. The van der Waals surface area contributed by atoms with Crippen LogP contribution in [0.2, 0.25) is 0 Å². The lowest BCUT2D eigenvalue weighted by atomic mass is 10.1. The van der Waals surface area contributed by atoms with Crippen LogP contribution in [-0.4, -0.2) is 23.3 Å². The smallest absolute Gasteiger partial charge is 0.308 e. The van der Waals surface area contributed by atoms with Gasteiger partial charge in [-0.1, -0.05) is 12.1 Å². The molecule has 1 aromatic rings. The number of phenolic OH excluding ortho intramolecular Hbond substituents is 1. The summed E-state index contributed by atoms with van der Waals surface area (Å²) >= 11 is 0. The van der Waals surface area contributed by atoms with Gasteiger partial charge in [0.2, 0.25) is 0 Å². The minimum absolute atomic E-state index is 0.0821. The summed E-state index contributed by atoms with van der Waals surface area (Å²) in [5.41, 5.74) is 0.577. The molecule has 0 saturated carbocycles. The van der Waals surface area contributed by atoms with Crippen molar-refractivity contribution >= 4 is 5.97 Å². The quantitative estimate of drug-likeness (QED) is 0.707. The molecular weight excluding hydrogens is 184 g/mol. The van der Waals surface area contributed by atoms with Gasteiger partial charge in [0.05, 0.1) is 19.6 Å². The van der Waals surface area contributed by atoms with E-state index in [0.29, 0.717) is 5.56 Å². The first-order chi connectivity index (χ1) is 6.63. The van der Waals surface area contributed by atoms with E-state index >= 15 is 0 Å². The van der Waals surface area contributed by atoms with Gasteiger partial charge >= 0.3 is 5.97 Å². The molecule has 1 rings (SSSR count). The van der Waals surface area contributed by atoms with Gasteiger partial charge in [0, 0.05) is 0 Å². The molecule has 0 aliphatic rings. The number of ether oxygens (including phenoxy) is 1. The fraction of sp³-hybridized carbons (Fsp3) is 0.300. The maximum absolute atomic E-state index is 10.8. The maximum Gasteiger partial charge on any atom is 0.308 e. The molecule has 1 aromatic carbocycles. The van der Waals surface area contributed by atoms with E-state index in [9.17, 15) is 9.90 Å². The summed E-state index contributed by atoms with van der Waals surface area (Å²) in [6, 6.07) is 6.03. The molecule has 0 bridgehead atoms. The number of carbonyl (C=O) groups excluding carboxylic acids is 1. The molecule has 0 heterocycles. The highest BCUT2D eigenvalue weighted by Crippen LogP contribution is 2.19. The molecule has 0 saturated heterocycles. The molecule has 0 fully saturated rings. The van der Waals surface area contributed by atoms with Crippen LogP contribution in [0.5, 0.6) is 5.75 Å². The number of hydrogen-bond acceptors (Lipinski definition) is 4. The Balaban J connectivity index is 2.65. The van der Waals surface area contributed by atoms with Crippen molar-refractivity contribution in [3.63, 3.8) is 0 Å². The van der Waals surface area contributed by atoms with Crippen molar-refractivity contribution in [2.24, 2.45) is 0 Å². The van der Waals surface area contributed by atoms with Crippen LogP contribution in [-0.2, 0) is 9.53 Å². The van der Waals surface area contributed by atoms with Crippen LogP contribution in [0, 0.1) is 0 Å².